The highest BCUT2D eigenvalue weighted by Gasteiger charge is 2.34. The quantitative estimate of drug-likeness (QED) is 0.482. The third-order valence-electron chi connectivity index (χ3n) is 3.82. The van der Waals surface area contributed by atoms with E-state index in [9.17, 15) is 13.2 Å². The SMILES string of the molecule is Cc1nn(C)cc1-c1nc2c3cccc(C(F)(F)F)c3nc(Cl)n2n1. The lowest BCUT2D eigenvalue weighted by Crippen LogP contribution is -2.07. The number of benzene rings is 1. The van der Waals surface area contributed by atoms with E-state index in [4.69, 9.17) is 11.6 Å². The zero-order valence-electron chi connectivity index (χ0n) is 13.0. The van der Waals surface area contributed by atoms with E-state index in [0.717, 1.165) is 6.07 Å². The van der Waals surface area contributed by atoms with Gasteiger partial charge in [0.2, 0.25) is 5.28 Å². The fraction of sp³-hybridized carbons (Fsp3) is 0.200. The number of aryl methyl sites for hydroxylation is 2. The van der Waals surface area contributed by atoms with Crippen LogP contribution in [0.25, 0.3) is 27.9 Å². The Morgan fingerprint density at radius 2 is 1.88 bits per heavy atom. The number of hydrogen-bond donors (Lipinski definition) is 0. The average molecular weight is 367 g/mol. The first-order valence-electron chi connectivity index (χ1n) is 7.18. The van der Waals surface area contributed by atoms with Crippen LogP contribution in [0.1, 0.15) is 11.3 Å². The number of halogens is 4. The van der Waals surface area contributed by atoms with Crippen molar-refractivity contribution in [3.05, 3.63) is 40.9 Å². The maximum atomic E-state index is 13.2. The fourth-order valence-corrected chi connectivity index (χ4v) is 2.96. The van der Waals surface area contributed by atoms with E-state index in [1.807, 2.05) is 0 Å². The normalized spacial score (nSPS) is 12.4. The maximum Gasteiger partial charge on any atom is 0.418 e. The molecular weight excluding hydrogens is 357 g/mol. The molecule has 0 saturated heterocycles. The van der Waals surface area contributed by atoms with Crippen molar-refractivity contribution in [2.45, 2.75) is 13.1 Å². The lowest BCUT2D eigenvalue weighted by Gasteiger charge is -2.10. The summed E-state index contributed by atoms with van der Waals surface area (Å²) in [6, 6.07) is 3.78. The smallest absolute Gasteiger partial charge is 0.275 e. The van der Waals surface area contributed by atoms with Crippen LogP contribution in [0.4, 0.5) is 13.2 Å². The third kappa shape index (κ3) is 2.42. The van der Waals surface area contributed by atoms with Crippen molar-refractivity contribution in [2.75, 3.05) is 0 Å². The molecule has 1 aromatic carbocycles. The number of nitrogens with zero attached hydrogens (tertiary/aromatic N) is 6. The zero-order chi connectivity index (χ0) is 17.9. The Bertz CT molecular complexity index is 1130. The first-order chi connectivity index (χ1) is 11.8. The third-order valence-corrected chi connectivity index (χ3v) is 4.07. The molecule has 0 unspecified atom stereocenters. The molecule has 0 fully saturated rings. The van der Waals surface area contributed by atoms with Crippen molar-refractivity contribution in [2.24, 2.45) is 7.05 Å². The van der Waals surface area contributed by atoms with Crippen molar-refractivity contribution in [3.8, 4) is 11.4 Å². The molecular formula is C15H10ClF3N6. The molecule has 3 aromatic heterocycles. The molecule has 0 aliphatic rings. The van der Waals surface area contributed by atoms with Crippen LogP contribution in [-0.4, -0.2) is 29.4 Å². The zero-order valence-corrected chi connectivity index (χ0v) is 13.8. The van der Waals surface area contributed by atoms with E-state index in [1.54, 1.807) is 24.9 Å². The lowest BCUT2D eigenvalue weighted by molar-refractivity contribution is -0.136. The van der Waals surface area contributed by atoms with Crippen LogP contribution in [0.3, 0.4) is 0 Å². The number of hydrogen-bond acceptors (Lipinski definition) is 4. The molecule has 0 amide bonds. The van der Waals surface area contributed by atoms with Gasteiger partial charge in [-0.05, 0) is 30.7 Å². The highest BCUT2D eigenvalue weighted by molar-refractivity contribution is 6.29. The Labute approximate surface area is 143 Å². The van der Waals surface area contributed by atoms with Gasteiger partial charge in [0.25, 0.3) is 0 Å². The van der Waals surface area contributed by atoms with Crippen LogP contribution < -0.4 is 0 Å². The van der Waals surface area contributed by atoms with Crippen LogP contribution in [0.15, 0.2) is 24.4 Å². The highest BCUT2D eigenvalue weighted by Crippen LogP contribution is 2.35. The van der Waals surface area contributed by atoms with Crippen molar-refractivity contribution >= 4 is 28.2 Å². The molecule has 128 valence electrons. The summed E-state index contributed by atoms with van der Waals surface area (Å²) in [4.78, 5) is 8.27. The van der Waals surface area contributed by atoms with E-state index >= 15 is 0 Å². The molecule has 0 radical (unpaired) electrons. The van der Waals surface area contributed by atoms with Crippen molar-refractivity contribution in [1.29, 1.82) is 0 Å². The second kappa shape index (κ2) is 5.16. The molecule has 0 bridgehead atoms. The van der Waals surface area contributed by atoms with E-state index in [2.05, 4.69) is 20.2 Å². The van der Waals surface area contributed by atoms with Gasteiger partial charge in [0, 0.05) is 18.6 Å². The molecule has 4 rings (SSSR count). The molecule has 0 aliphatic heterocycles. The van der Waals surface area contributed by atoms with Gasteiger partial charge >= 0.3 is 6.18 Å². The monoisotopic (exact) mass is 366 g/mol. The summed E-state index contributed by atoms with van der Waals surface area (Å²) in [5.41, 5.74) is 0.454. The summed E-state index contributed by atoms with van der Waals surface area (Å²) in [5, 5.41) is 8.52. The predicted molar refractivity (Wildman–Crippen MR) is 85.2 cm³/mol. The predicted octanol–water partition coefficient (Wildman–Crippen LogP) is 3.66. The van der Waals surface area contributed by atoms with Gasteiger partial charge in [-0.3, -0.25) is 4.68 Å². The largest absolute Gasteiger partial charge is 0.418 e. The summed E-state index contributed by atoms with van der Waals surface area (Å²) >= 11 is 6.07. The van der Waals surface area contributed by atoms with Gasteiger partial charge in [0.15, 0.2) is 11.5 Å². The Balaban J connectivity index is 2.07. The molecule has 4 aromatic rings. The van der Waals surface area contributed by atoms with Crippen LogP contribution in [0.5, 0.6) is 0 Å². The van der Waals surface area contributed by atoms with Crippen molar-refractivity contribution in [3.63, 3.8) is 0 Å². The minimum absolute atomic E-state index is 0.195. The molecule has 6 nitrogen and oxygen atoms in total. The van der Waals surface area contributed by atoms with Gasteiger partial charge in [-0.25, -0.2) is 9.97 Å². The summed E-state index contributed by atoms with van der Waals surface area (Å²) in [7, 11) is 1.76. The molecule has 0 N–H and O–H groups in total. The highest BCUT2D eigenvalue weighted by atomic mass is 35.5. The second-order valence-electron chi connectivity index (χ2n) is 5.55. The van der Waals surface area contributed by atoms with Crippen LogP contribution in [-0.2, 0) is 13.2 Å². The first kappa shape index (κ1) is 15.8. The van der Waals surface area contributed by atoms with E-state index < -0.39 is 11.7 Å². The van der Waals surface area contributed by atoms with Crippen LogP contribution >= 0.6 is 11.6 Å². The standard InChI is InChI=1S/C15H10ClF3N6/c1-7-9(6-24(2)22-7)12-21-13-8-4-3-5-10(15(17,18)19)11(8)20-14(16)25(13)23-12/h3-6H,1-2H3. The van der Waals surface area contributed by atoms with Gasteiger partial charge in [-0.2, -0.15) is 22.8 Å². The van der Waals surface area contributed by atoms with Crippen molar-refractivity contribution < 1.29 is 13.2 Å². The molecule has 0 atom stereocenters. The number of aromatic nitrogens is 6. The maximum absolute atomic E-state index is 13.2. The number of alkyl halides is 3. The van der Waals surface area contributed by atoms with Gasteiger partial charge in [0.1, 0.15) is 0 Å². The number of fused-ring (bicyclic) bond motifs is 3. The van der Waals surface area contributed by atoms with E-state index in [0.29, 0.717) is 17.1 Å². The molecule has 10 heteroatoms. The van der Waals surface area contributed by atoms with Gasteiger partial charge in [-0.15, -0.1) is 5.10 Å². The molecule has 3 heterocycles. The summed E-state index contributed by atoms with van der Waals surface area (Å²) < 4.78 is 42.6. The van der Waals surface area contributed by atoms with Crippen LogP contribution in [0, 0.1) is 6.92 Å². The van der Waals surface area contributed by atoms with Gasteiger partial charge in [0.05, 0.1) is 22.3 Å². The summed E-state index contributed by atoms with van der Waals surface area (Å²) in [5.74, 6) is 0.319. The summed E-state index contributed by atoms with van der Waals surface area (Å²) in [6.07, 6.45) is -2.81. The van der Waals surface area contributed by atoms with Gasteiger partial charge in [-0.1, -0.05) is 6.07 Å². The Morgan fingerprint density at radius 3 is 2.52 bits per heavy atom. The second-order valence-corrected chi connectivity index (χ2v) is 5.89. The molecule has 0 aliphatic carbocycles. The first-order valence-corrected chi connectivity index (χ1v) is 7.56. The topological polar surface area (TPSA) is 60.9 Å². The molecule has 0 spiro atoms. The average Bonchev–Trinajstić information content (AvgIpc) is 3.09. The summed E-state index contributed by atoms with van der Waals surface area (Å²) in [6.45, 7) is 1.79. The van der Waals surface area contributed by atoms with Crippen molar-refractivity contribution in [1.82, 2.24) is 29.4 Å². The van der Waals surface area contributed by atoms with E-state index in [-0.39, 0.29) is 21.8 Å². The van der Waals surface area contributed by atoms with Gasteiger partial charge < -0.3 is 0 Å². The lowest BCUT2D eigenvalue weighted by atomic mass is 10.1. The Kier molecular flexibility index (Phi) is 3.26. The van der Waals surface area contributed by atoms with Crippen LogP contribution in [0.2, 0.25) is 5.28 Å². The number of rotatable bonds is 1. The molecule has 25 heavy (non-hydrogen) atoms. The fourth-order valence-electron chi connectivity index (χ4n) is 2.76. The minimum atomic E-state index is -4.54. The molecule has 0 saturated carbocycles. The Hall–Kier alpha value is -2.68. The Morgan fingerprint density at radius 1 is 1.12 bits per heavy atom. The minimum Gasteiger partial charge on any atom is -0.275 e. The van der Waals surface area contributed by atoms with E-state index in [1.165, 1.54) is 16.6 Å². The number of para-hydroxylation sites is 1.